The summed E-state index contributed by atoms with van der Waals surface area (Å²) in [4.78, 5) is 1.06. The van der Waals surface area contributed by atoms with Gasteiger partial charge in [0.1, 0.15) is 0 Å². The van der Waals surface area contributed by atoms with Gasteiger partial charge in [0.25, 0.3) is 0 Å². The van der Waals surface area contributed by atoms with Crippen LogP contribution in [0.5, 0.6) is 0 Å². The van der Waals surface area contributed by atoms with Gasteiger partial charge in [0.05, 0.1) is 10.8 Å². The Morgan fingerprint density at radius 1 is 1.25 bits per heavy atom. The molecule has 3 rings (SSSR count). The van der Waals surface area contributed by atoms with Crippen molar-refractivity contribution in [3.05, 3.63) is 29.3 Å². The van der Waals surface area contributed by atoms with Crippen molar-refractivity contribution in [3.8, 4) is 0 Å². The van der Waals surface area contributed by atoms with Gasteiger partial charge in [0.15, 0.2) is 0 Å². The maximum Gasteiger partial charge on any atom is 0.0561 e. The van der Waals surface area contributed by atoms with E-state index in [-0.39, 0.29) is 0 Å². The van der Waals surface area contributed by atoms with Crippen LogP contribution in [0.2, 0.25) is 0 Å². The van der Waals surface area contributed by atoms with Crippen molar-refractivity contribution in [2.75, 3.05) is 6.54 Å². The van der Waals surface area contributed by atoms with Crippen molar-refractivity contribution in [2.24, 2.45) is 0 Å². The second-order valence-corrected chi connectivity index (χ2v) is 7.90. The highest BCUT2D eigenvalue weighted by atomic mass is 32.2. The molecule has 1 aromatic carbocycles. The summed E-state index contributed by atoms with van der Waals surface area (Å²) in [5.41, 5.74) is 2.91. The van der Waals surface area contributed by atoms with Crippen molar-refractivity contribution >= 4 is 10.8 Å². The number of hydrogen-bond acceptors (Lipinski definition) is 2. The minimum atomic E-state index is -0.817. The number of nitrogens with one attached hydrogen (secondary N) is 1. The highest BCUT2D eigenvalue weighted by Gasteiger charge is 2.29. The molecule has 1 fully saturated rings. The third kappa shape index (κ3) is 2.99. The van der Waals surface area contributed by atoms with Crippen LogP contribution in [0.3, 0.4) is 0 Å². The Bertz CT molecular complexity index is 500. The van der Waals surface area contributed by atoms with E-state index in [9.17, 15) is 4.21 Å². The van der Waals surface area contributed by atoms with E-state index in [2.05, 4.69) is 30.4 Å². The minimum Gasteiger partial charge on any atom is -0.314 e. The quantitative estimate of drug-likeness (QED) is 0.902. The maximum atomic E-state index is 12.7. The lowest BCUT2D eigenvalue weighted by molar-refractivity contribution is 0.523. The Kier molecular flexibility index (Phi) is 4.57. The summed E-state index contributed by atoms with van der Waals surface area (Å²) in [6.07, 6.45) is 8.17. The van der Waals surface area contributed by atoms with Crippen LogP contribution in [-0.4, -0.2) is 22.0 Å². The van der Waals surface area contributed by atoms with E-state index >= 15 is 0 Å². The fourth-order valence-corrected chi connectivity index (χ4v) is 5.14. The van der Waals surface area contributed by atoms with Crippen molar-refractivity contribution in [2.45, 2.75) is 68.1 Å². The normalized spacial score (nSPS) is 26.6. The van der Waals surface area contributed by atoms with E-state index in [1.807, 2.05) is 0 Å². The van der Waals surface area contributed by atoms with Crippen LogP contribution in [0, 0.1) is 0 Å². The van der Waals surface area contributed by atoms with Gasteiger partial charge in [-0.05, 0) is 74.8 Å². The average molecular weight is 291 g/mol. The third-order valence-electron chi connectivity index (χ3n) is 4.67. The van der Waals surface area contributed by atoms with Crippen molar-refractivity contribution < 1.29 is 4.21 Å². The van der Waals surface area contributed by atoms with Crippen LogP contribution in [-0.2, 0) is 23.6 Å². The van der Waals surface area contributed by atoms with E-state index in [0.29, 0.717) is 11.3 Å². The lowest BCUT2D eigenvalue weighted by Crippen LogP contribution is -2.28. The maximum absolute atomic E-state index is 12.7. The Balaban J connectivity index is 1.64. The predicted molar refractivity (Wildman–Crippen MR) is 84.6 cm³/mol. The Morgan fingerprint density at radius 2 is 2.10 bits per heavy atom. The average Bonchev–Trinajstić information content (AvgIpc) is 3.12. The molecule has 3 unspecified atom stereocenters. The molecule has 0 spiro atoms. The monoisotopic (exact) mass is 291 g/mol. The SMILES string of the molecule is CCCNC1CCC(S(=O)c2ccc3c(c2)CCC3)C1. The summed E-state index contributed by atoms with van der Waals surface area (Å²) in [6, 6.07) is 7.11. The molecule has 20 heavy (non-hydrogen) atoms. The van der Waals surface area contributed by atoms with Gasteiger partial charge < -0.3 is 5.32 Å². The van der Waals surface area contributed by atoms with Crippen LogP contribution < -0.4 is 5.32 Å². The zero-order valence-corrected chi connectivity index (χ0v) is 13.2. The topological polar surface area (TPSA) is 29.1 Å². The Hall–Kier alpha value is -0.670. The molecule has 1 N–H and O–H groups in total. The molecular weight excluding hydrogens is 266 g/mol. The first-order chi connectivity index (χ1) is 9.78. The summed E-state index contributed by atoms with van der Waals surface area (Å²) in [7, 11) is -0.817. The lowest BCUT2D eigenvalue weighted by Gasteiger charge is -2.13. The van der Waals surface area contributed by atoms with E-state index in [1.54, 1.807) is 0 Å². The highest BCUT2D eigenvalue weighted by Crippen LogP contribution is 2.30. The molecule has 0 bridgehead atoms. The molecule has 0 aromatic heterocycles. The molecule has 110 valence electrons. The van der Waals surface area contributed by atoms with Crippen molar-refractivity contribution in [3.63, 3.8) is 0 Å². The first kappa shape index (κ1) is 14.3. The lowest BCUT2D eigenvalue weighted by atomic mass is 10.1. The molecule has 2 aliphatic carbocycles. The molecule has 1 saturated carbocycles. The summed E-state index contributed by atoms with van der Waals surface area (Å²) in [6.45, 7) is 3.28. The van der Waals surface area contributed by atoms with E-state index < -0.39 is 10.8 Å². The molecule has 2 nitrogen and oxygen atoms in total. The van der Waals surface area contributed by atoms with E-state index in [4.69, 9.17) is 0 Å². The standard InChI is InChI=1S/C17H25NOS/c1-2-10-18-15-7-9-17(12-15)20(19)16-8-6-13-4-3-5-14(13)11-16/h6,8,11,15,17-18H,2-5,7,9-10,12H2,1H3. The zero-order chi connectivity index (χ0) is 13.9. The Labute approximate surface area is 124 Å². The molecule has 2 aliphatic rings. The first-order valence-electron chi connectivity index (χ1n) is 8.03. The number of hydrogen-bond donors (Lipinski definition) is 1. The molecule has 0 amide bonds. The van der Waals surface area contributed by atoms with Crippen molar-refractivity contribution in [1.29, 1.82) is 0 Å². The fourth-order valence-electron chi connectivity index (χ4n) is 3.53. The van der Waals surface area contributed by atoms with Gasteiger partial charge in [-0.1, -0.05) is 13.0 Å². The van der Waals surface area contributed by atoms with Gasteiger partial charge >= 0.3 is 0 Å². The fraction of sp³-hybridized carbons (Fsp3) is 0.647. The molecule has 0 radical (unpaired) electrons. The van der Waals surface area contributed by atoms with Gasteiger partial charge in [-0.3, -0.25) is 4.21 Å². The summed E-state index contributed by atoms with van der Waals surface area (Å²) < 4.78 is 12.7. The van der Waals surface area contributed by atoms with Gasteiger partial charge in [-0.25, -0.2) is 0 Å². The molecule has 3 heteroatoms. The van der Waals surface area contributed by atoms with Crippen LogP contribution in [0.15, 0.2) is 23.1 Å². The molecular formula is C17H25NOS. The van der Waals surface area contributed by atoms with Crippen LogP contribution >= 0.6 is 0 Å². The molecule has 3 atom stereocenters. The highest BCUT2D eigenvalue weighted by molar-refractivity contribution is 7.85. The van der Waals surface area contributed by atoms with E-state index in [1.165, 1.54) is 43.2 Å². The number of fused-ring (bicyclic) bond motifs is 1. The number of aryl methyl sites for hydroxylation is 2. The van der Waals surface area contributed by atoms with Crippen molar-refractivity contribution in [1.82, 2.24) is 5.32 Å². The molecule has 0 aliphatic heterocycles. The van der Waals surface area contributed by atoms with Gasteiger partial charge in [-0.2, -0.15) is 0 Å². The third-order valence-corrected chi connectivity index (χ3v) is 6.42. The summed E-state index contributed by atoms with van der Waals surface area (Å²) >= 11 is 0. The van der Waals surface area contributed by atoms with E-state index in [0.717, 1.165) is 24.3 Å². The molecule has 0 saturated heterocycles. The number of benzene rings is 1. The van der Waals surface area contributed by atoms with Gasteiger partial charge in [0, 0.05) is 16.2 Å². The van der Waals surface area contributed by atoms with Gasteiger partial charge in [0.2, 0.25) is 0 Å². The molecule has 0 heterocycles. The number of rotatable bonds is 5. The Morgan fingerprint density at radius 3 is 2.95 bits per heavy atom. The second kappa shape index (κ2) is 6.40. The second-order valence-electron chi connectivity index (χ2n) is 6.17. The largest absolute Gasteiger partial charge is 0.314 e. The first-order valence-corrected chi connectivity index (χ1v) is 9.25. The summed E-state index contributed by atoms with van der Waals surface area (Å²) in [5, 5.41) is 3.93. The van der Waals surface area contributed by atoms with Crippen LogP contribution in [0.4, 0.5) is 0 Å². The molecule has 1 aromatic rings. The summed E-state index contributed by atoms with van der Waals surface area (Å²) in [5.74, 6) is 0. The van der Waals surface area contributed by atoms with Crippen LogP contribution in [0.1, 0.15) is 50.2 Å². The zero-order valence-electron chi connectivity index (χ0n) is 12.4. The minimum absolute atomic E-state index is 0.351. The van der Waals surface area contributed by atoms with Crippen LogP contribution in [0.25, 0.3) is 0 Å². The van der Waals surface area contributed by atoms with Gasteiger partial charge in [-0.15, -0.1) is 0 Å². The smallest absolute Gasteiger partial charge is 0.0561 e. The predicted octanol–water partition coefficient (Wildman–Crippen LogP) is 3.20.